The number of aryl methyl sites for hydroxylation is 1. The Morgan fingerprint density at radius 2 is 1.90 bits per heavy atom. The third-order valence-corrected chi connectivity index (χ3v) is 4.49. The van der Waals surface area contributed by atoms with Gasteiger partial charge in [-0.1, -0.05) is 12.1 Å². The summed E-state index contributed by atoms with van der Waals surface area (Å²) in [5.41, 5.74) is 3.05. The summed E-state index contributed by atoms with van der Waals surface area (Å²) < 4.78 is 11.4. The first-order valence-electron chi connectivity index (χ1n) is 9.06. The van der Waals surface area contributed by atoms with E-state index in [0.717, 1.165) is 22.3 Å². The molecule has 0 fully saturated rings. The topological polar surface area (TPSA) is 89.4 Å². The molecule has 0 aliphatic rings. The normalized spacial score (nSPS) is 10.7. The minimum absolute atomic E-state index is 0.219. The van der Waals surface area contributed by atoms with Gasteiger partial charge in [0.1, 0.15) is 24.5 Å². The maximum Gasteiger partial charge on any atom is 0.163 e. The molecule has 0 aliphatic carbocycles. The molecule has 2 N–H and O–H groups in total. The van der Waals surface area contributed by atoms with Gasteiger partial charge in [-0.2, -0.15) is 0 Å². The molecule has 7 nitrogen and oxygen atoms in total. The third-order valence-electron chi connectivity index (χ3n) is 4.49. The summed E-state index contributed by atoms with van der Waals surface area (Å²) in [6, 6.07) is 14.7. The molecule has 7 heteroatoms. The summed E-state index contributed by atoms with van der Waals surface area (Å²) in [5, 5.41) is 13.9. The number of methoxy groups -OCH3 is 1. The van der Waals surface area contributed by atoms with Crippen molar-refractivity contribution >= 4 is 22.4 Å². The maximum atomic E-state index is 9.95. The van der Waals surface area contributed by atoms with E-state index in [4.69, 9.17) is 9.47 Å². The molecule has 0 unspecified atom stereocenters. The Labute approximate surface area is 168 Å². The summed E-state index contributed by atoms with van der Waals surface area (Å²) >= 11 is 0. The van der Waals surface area contributed by atoms with E-state index in [1.54, 1.807) is 19.4 Å². The fourth-order valence-electron chi connectivity index (χ4n) is 2.90. The lowest BCUT2D eigenvalue weighted by molar-refractivity contribution is 0.281. The SMILES string of the molecule is COc1cc2c(Nc3ccc(C)c(O)c3)ncnc2cc1OCc1ccccn1. The molecule has 0 aliphatic heterocycles. The molecule has 0 saturated carbocycles. The van der Waals surface area contributed by atoms with Crippen molar-refractivity contribution in [1.29, 1.82) is 0 Å². The fourth-order valence-corrected chi connectivity index (χ4v) is 2.90. The van der Waals surface area contributed by atoms with Gasteiger partial charge in [0.25, 0.3) is 0 Å². The minimum atomic E-state index is 0.219. The highest BCUT2D eigenvalue weighted by atomic mass is 16.5. The first-order chi connectivity index (χ1) is 14.1. The van der Waals surface area contributed by atoms with Crippen molar-refractivity contribution in [3.63, 3.8) is 0 Å². The minimum Gasteiger partial charge on any atom is -0.508 e. The second kappa shape index (κ2) is 8.02. The number of phenolic OH excluding ortho intramolecular Hbond substituents is 1. The van der Waals surface area contributed by atoms with Crippen LogP contribution in [0.15, 0.2) is 61.1 Å². The Balaban J connectivity index is 1.66. The molecule has 29 heavy (non-hydrogen) atoms. The summed E-state index contributed by atoms with van der Waals surface area (Å²) in [6.07, 6.45) is 3.21. The number of hydrogen-bond acceptors (Lipinski definition) is 7. The molecule has 0 radical (unpaired) electrons. The van der Waals surface area contributed by atoms with E-state index in [0.29, 0.717) is 29.4 Å². The van der Waals surface area contributed by atoms with E-state index in [-0.39, 0.29) is 5.75 Å². The van der Waals surface area contributed by atoms with Crippen molar-refractivity contribution in [1.82, 2.24) is 15.0 Å². The molecule has 0 spiro atoms. The monoisotopic (exact) mass is 388 g/mol. The number of phenols is 1. The quantitative estimate of drug-likeness (QED) is 0.507. The zero-order chi connectivity index (χ0) is 20.2. The zero-order valence-corrected chi connectivity index (χ0v) is 16.1. The molecule has 2 aromatic carbocycles. The van der Waals surface area contributed by atoms with Crippen LogP contribution in [0, 0.1) is 6.92 Å². The molecule has 2 aromatic heterocycles. The van der Waals surface area contributed by atoms with Crippen molar-refractivity contribution in [2.45, 2.75) is 13.5 Å². The molecule has 0 saturated heterocycles. The fraction of sp³-hybridized carbons (Fsp3) is 0.136. The Morgan fingerprint density at radius 3 is 2.66 bits per heavy atom. The third kappa shape index (κ3) is 4.03. The van der Waals surface area contributed by atoms with Crippen LogP contribution in [0.1, 0.15) is 11.3 Å². The Hall–Kier alpha value is -3.87. The van der Waals surface area contributed by atoms with Gasteiger partial charge in [0, 0.05) is 29.4 Å². The molecular formula is C22H20N4O3. The standard InChI is InChI=1S/C22H20N4O3/c1-14-6-7-15(9-19(14)27)26-22-17-10-20(28-2)21(11-18(17)24-13-25-22)29-12-16-5-3-4-8-23-16/h3-11,13,27H,12H2,1-2H3,(H,24,25,26). The van der Waals surface area contributed by atoms with E-state index >= 15 is 0 Å². The number of aromatic nitrogens is 3. The van der Waals surface area contributed by atoms with Crippen LogP contribution < -0.4 is 14.8 Å². The predicted octanol–water partition coefficient (Wildman–Crippen LogP) is 4.37. The first kappa shape index (κ1) is 18.5. The van der Waals surface area contributed by atoms with Crippen molar-refractivity contribution in [3.05, 3.63) is 72.3 Å². The van der Waals surface area contributed by atoms with Gasteiger partial charge < -0.3 is 19.9 Å². The van der Waals surface area contributed by atoms with E-state index in [9.17, 15) is 5.11 Å². The molecule has 2 heterocycles. The van der Waals surface area contributed by atoms with Crippen LogP contribution in [0.25, 0.3) is 10.9 Å². The molecule has 0 bridgehead atoms. The van der Waals surface area contributed by atoms with Crippen LogP contribution in [0.5, 0.6) is 17.2 Å². The molecule has 0 amide bonds. The van der Waals surface area contributed by atoms with Gasteiger partial charge >= 0.3 is 0 Å². The number of pyridine rings is 1. The second-order valence-corrected chi connectivity index (χ2v) is 6.48. The van der Waals surface area contributed by atoms with Gasteiger partial charge in [-0.25, -0.2) is 9.97 Å². The Kier molecular flexibility index (Phi) is 5.11. The number of nitrogens with zero attached hydrogens (tertiary/aromatic N) is 3. The van der Waals surface area contributed by atoms with Crippen LogP contribution in [0.4, 0.5) is 11.5 Å². The van der Waals surface area contributed by atoms with Crippen molar-refractivity contribution in [3.8, 4) is 17.2 Å². The average molecular weight is 388 g/mol. The van der Waals surface area contributed by atoms with Crippen LogP contribution in [-0.4, -0.2) is 27.2 Å². The number of rotatable bonds is 6. The average Bonchev–Trinajstić information content (AvgIpc) is 2.75. The molecular weight excluding hydrogens is 368 g/mol. The molecule has 4 aromatic rings. The van der Waals surface area contributed by atoms with Crippen LogP contribution >= 0.6 is 0 Å². The van der Waals surface area contributed by atoms with Crippen LogP contribution in [0.3, 0.4) is 0 Å². The van der Waals surface area contributed by atoms with E-state index in [1.165, 1.54) is 6.33 Å². The number of benzene rings is 2. The van der Waals surface area contributed by atoms with E-state index in [1.807, 2.05) is 49.4 Å². The van der Waals surface area contributed by atoms with Gasteiger partial charge in [0.05, 0.1) is 18.3 Å². The lowest BCUT2D eigenvalue weighted by Gasteiger charge is -2.14. The van der Waals surface area contributed by atoms with Gasteiger partial charge in [0.2, 0.25) is 0 Å². The van der Waals surface area contributed by atoms with Gasteiger partial charge in [-0.05, 0) is 36.8 Å². The highest BCUT2D eigenvalue weighted by Gasteiger charge is 2.12. The zero-order valence-electron chi connectivity index (χ0n) is 16.1. The predicted molar refractivity (Wildman–Crippen MR) is 111 cm³/mol. The van der Waals surface area contributed by atoms with Gasteiger partial charge in [0.15, 0.2) is 11.5 Å². The summed E-state index contributed by atoms with van der Waals surface area (Å²) in [6.45, 7) is 2.16. The lowest BCUT2D eigenvalue weighted by atomic mass is 10.2. The Morgan fingerprint density at radius 1 is 1.00 bits per heavy atom. The summed E-state index contributed by atoms with van der Waals surface area (Å²) in [4.78, 5) is 13.0. The number of anilines is 2. The second-order valence-electron chi connectivity index (χ2n) is 6.48. The highest BCUT2D eigenvalue weighted by molar-refractivity contribution is 5.93. The molecule has 0 atom stereocenters. The largest absolute Gasteiger partial charge is 0.508 e. The van der Waals surface area contributed by atoms with Crippen molar-refractivity contribution < 1.29 is 14.6 Å². The molecule has 4 rings (SSSR count). The van der Waals surface area contributed by atoms with Crippen LogP contribution in [0.2, 0.25) is 0 Å². The Bertz CT molecular complexity index is 1150. The van der Waals surface area contributed by atoms with Gasteiger partial charge in [-0.3, -0.25) is 4.98 Å². The summed E-state index contributed by atoms with van der Waals surface area (Å²) in [5.74, 6) is 1.96. The molecule has 146 valence electrons. The van der Waals surface area contributed by atoms with Gasteiger partial charge in [-0.15, -0.1) is 0 Å². The smallest absolute Gasteiger partial charge is 0.163 e. The van der Waals surface area contributed by atoms with E-state index < -0.39 is 0 Å². The lowest BCUT2D eigenvalue weighted by Crippen LogP contribution is -2.01. The van der Waals surface area contributed by atoms with Crippen LogP contribution in [-0.2, 0) is 6.61 Å². The number of aromatic hydroxyl groups is 1. The number of hydrogen-bond donors (Lipinski definition) is 2. The van der Waals surface area contributed by atoms with E-state index in [2.05, 4.69) is 20.3 Å². The number of fused-ring (bicyclic) bond motifs is 1. The first-order valence-corrected chi connectivity index (χ1v) is 9.06. The van der Waals surface area contributed by atoms with Crippen molar-refractivity contribution in [2.24, 2.45) is 0 Å². The van der Waals surface area contributed by atoms with Crippen molar-refractivity contribution in [2.75, 3.05) is 12.4 Å². The highest BCUT2D eigenvalue weighted by Crippen LogP contribution is 2.35. The number of nitrogens with one attached hydrogen (secondary N) is 1. The summed E-state index contributed by atoms with van der Waals surface area (Å²) in [7, 11) is 1.59. The number of ether oxygens (including phenoxy) is 2. The maximum absolute atomic E-state index is 9.95.